The van der Waals surface area contributed by atoms with Gasteiger partial charge >= 0.3 is 0 Å². The zero-order chi connectivity index (χ0) is 13.1. The summed E-state index contributed by atoms with van der Waals surface area (Å²) in [7, 11) is 0. The lowest BCUT2D eigenvalue weighted by Crippen LogP contribution is -2.30. The number of hydrogen-bond donors (Lipinski definition) is 1. The van der Waals surface area contributed by atoms with E-state index in [1.165, 1.54) is 49.5 Å². The maximum atomic E-state index is 3.75. The molecule has 1 N–H and O–H groups in total. The smallest absolute Gasteiger partial charge is 0.0386 e. The highest BCUT2D eigenvalue weighted by Gasteiger charge is 2.18. The summed E-state index contributed by atoms with van der Waals surface area (Å²) in [6.45, 7) is 3.50. The van der Waals surface area contributed by atoms with Crippen molar-refractivity contribution in [3.63, 3.8) is 0 Å². The largest absolute Gasteiger partial charge is 0.308 e. The molecule has 2 heterocycles. The van der Waals surface area contributed by atoms with Gasteiger partial charge in [0.1, 0.15) is 0 Å². The lowest BCUT2D eigenvalue weighted by molar-refractivity contribution is 0.584. The van der Waals surface area contributed by atoms with Crippen LogP contribution in [0, 0.1) is 0 Å². The highest BCUT2D eigenvalue weighted by molar-refractivity contribution is 8.06. The third kappa shape index (κ3) is 3.72. The SMILES string of the molecule is CC(NCC1CSCCS1)c1cc2c(s1)CCCC2. The Morgan fingerprint density at radius 3 is 3.00 bits per heavy atom. The standard InChI is InChI=1S/C15H23NS3/c1-11(16-9-13-10-17-6-7-18-13)15-8-12-4-2-3-5-14(12)19-15/h8,11,13,16H,2-7,9-10H2,1H3. The monoisotopic (exact) mass is 313 g/mol. The lowest BCUT2D eigenvalue weighted by atomic mass is 9.99. The molecule has 1 nitrogen and oxygen atoms in total. The van der Waals surface area contributed by atoms with Crippen LogP contribution in [0.25, 0.3) is 0 Å². The van der Waals surface area contributed by atoms with E-state index in [4.69, 9.17) is 0 Å². The van der Waals surface area contributed by atoms with Crippen molar-refractivity contribution < 1.29 is 0 Å². The van der Waals surface area contributed by atoms with Gasteiger partial charge < -0.3 is 5.32 Å². The summed E-state index contributed by atoms with van der Waals surface area (Å²) in [5.41, 5.74) is 1.64. The van der Waals surface area contributed by atoms with E-state index in [1.54, 1.807) is 15.3 Å². The van der Waals surface area contributed by atoms with Gasteiger partial charge in [-0.2, -0.15) is 23.5 Å². The van der Waals surface area contributed by atoms with E-state index < -0.39 is 0 Å². The van der Waals surface area contributed by atoms with Gasteiger partial charge in [-0.15, -0.1) is 11.3 Å². The predicted octanol–water partition coefficient (Wildman–Crippen LogP) is 4.13. The molecule has 0 saturated carbocycles. The summed E-state index contributed by atoms with van der Waals surface area (Å²) in [4.78, 5) is 3.22. The highest BCUT2D eigenvalue weighted by Crippen LogP contribution is 2.33. The van der Waals surface area contributed by atoms with Crippen LogP contribution < -0.4 is 5.32 Å². The van der Waals surface area contributed by atoms with E-state index in [0.717, 1.165) is 5.25 Å². The van der Waals surface area contributed by atoms with Gasteiger partial charge in [0.25, 0.3) is 0 Å². The van der Waals surface area contributed by atoms with Crippen molar-refractivity contribution in [2.24, 2.45) is 0 Å². The van der Waals surface area contributed by atoms with E-state index in [0.29, 0.717) is 6.04 Å². The quantitative estimate of drug-likeness (QED) is 0.898. The minimum atomic E-state index is 0.531. The molecule has 2 aliphatic rings. The van der Waals surface area contributed by atoms with Crippen molar-refractivity contribution in [3.05, 3.63) is 21.4 Å². The van der Waals surface area contributed by atoms with Crippen LogP contribution in [0.15, 0.2) is 6.07 Å². The van der Waals surface area contributed by atoms with Crippen molar-refractivity contribution in [1.29, 1.82) is 0 Å². The number of thiophene rings is 1. The van der Waals surface area contributed by atoms with Gasteiger partial charge in [0.05, 0.1) is 0 Å². The van der Waals surface area contributed by atoms with Gasteiger partial charge in [-0.05, 0) is 44.2 Å². The predicted molar refractivity (Wildman–Crippen MR) is 90.9 cm³/mol. The van der Waals surface area contributed by atoms with Gasteiger partial charge in [-0.1, -0.05) is 0 Å². The van der Waals surface area contributed by atoms with Crippen molar-refractivity contribution in [2.75, 3.05) is 23.8 Å². The summed E-state index contributed by atoms with van der Waals surface area (Å²) in [5.74, 6) is 4.00. The zero-order valence-electron chi connectivity index (χ0n) is 11.6. The van der Waals surface area contributed by atoms with Crippen LogP contribution in [0.1, 0.15) is 41.1 Å². The first-order valence-electron chi connectivity index (χ1n) is 7.37. The molecule has 2 atom stereocenters. The Hall–Kier alpha value is 0.360. The van der Waals surface area contributed by atoms with Crippen molar-refractivity contribution in [2.45, 2.75) is 43.9 Å². The first-order chi connectivity index (χ1) is 9.33. The minimum Gasteiger partial charge on any atom is -0.308 e. The molecule has 1 aliphatic carbocycles. The van der Waals surface area contributed by atoms with Gasteiger partial charge in [0.15, 0.2) is 0 Å². The molecule has 1 saturated heterocycles. The Morgan fingerprint density at radius 1 is 1.32 bits per heavy atom. The number of aryl methyl sites for hydroxylation is 2. The molecular formula is C15H23NS3. The van der Waals surface area contributed by atoms with Crippen LogP contribution in [-0.2, 0) is 12.8 Å². The highest BCUT2D eigenvalue weighted by atomic mass is 32.2. The molecule has 0 bridgehead atoms. The van der Waals surface area contributed by atoms with Gasteiger partial charge in [0, 0.05) is 44.8 Å². The summed E-state index contributed by atoms with van der Waals surface area (Å²) >= 11 is 6.32. The molecule has 4 heteroatoms. The fourth-order valence-corrected chi connectivity index (χ4v) is 6.70. The molecule has 106 valence electrons. The number of nitrogens with one attached hydrogen (secondary N) is 1. The Balaban J connectivity index is 1.54. The summed E-state index contributed by atoms with van der Waals surface area (Å²) in [6, 6.07) is 3.00. The molecule has 1 aromatic rings. The third-order valence-electron chi connectivity index (χ3n) is 3.98. The van der Waals surface area contributed by atoms with E-state index in [1.807, 2.05) is 0 Å². The number of thioether (sulfide) groups is 2. The fraction of sp³-hybridized carbons (Fsp3) is 0.733. The molecule has 1 fully saturated rings. The summed E-state index contributed by atoms with van der Waals surface area (Å²) < 4.78 is 0. The van der Waals surface area contributed by atoms with Crippen LogP contribution in [0.5, 0.6) is 0 Å². The minimum absolute atomic E-state index is 0.531. The molecule has 2 unspecified atom stereocenters. The Bertz CT molecular complexity index is 386. The first kappa shape index (κ1) is 14.3. The van der Waals surface area contributed by atoms with Crippen molar-refractivity contribution in [3.8, 4) is 0 Å². The van der Waals surface area contributed by atoms with Crippen LogP contribution >= 0.6 is 34.9 Å². The second-order valence-corrected chi connectivity index (χ2v) is 9.23. The van der Waals surface area contributed by atoms with Gasteiger partial charge in [-0.25, -0.2) is 0 Å². The Labute approximate surface area is 129 Å². The average Bonchev–Trinajstić information content (AvgIpc) is 2.90. The lowest BCUT2D eigenvalue weighted by Gasteiger charge is -2.23. The van der Waals surface area contributed by atoms with Gasteiger partial charge in [0.2, 0.25) is 0 Å². The van der Waals surface area contributed by atoms with Crippen LogP contribution in [0.2, 0.25) is 0 Å². The summed E-state index contributed by atoms with van der Waals surface area (Å²) in [6.07, 6.45) is 5.42. The Morgan fingerprint density at radius 2 is 2.21 bits per heavy atom. The van der Waals surface area contributed by atoms with Crippen molar-refractivity contribution in [1.82, 2.24) is 5.32 Å². The van der Waals surface area contributed by atoms with E-state index in [2.05, 4.69) is 53.2 Å². The number of rotatable bonds is 4. The fourth-order valence-electron chi connectivity index (χ4n) is 2.79. The normalized spacial score (nSPS) is 25.0. The molecule has 0 radical (unpaired) electrons. The maximum absolute atomic E-state index is 3.75. The molecule has 19 heavy (non-hydrogen) atoms. The van der Waals surface area contributed by atoms with Crippen LogP contribution in [0.3, 0.4) is 0 Å². The zero-order valence-corrected chi connectivity index (χ0v) is 14.1. The third-order valence-corrected chi connectivity index (χ3v) is 8.24. The maximum Gasteiger partial charge on any atom is 0.0386 e. The molecule has 1 aromatic heterocycles. The van der Waals surface area contributed by atoms with E-state index in [9.17, 15) is 0 Å². The molecule has 0 spiro atoms. The van der Waals surface area contributed by atoms with Crippen LogP contribution in [-0.4, -0.2) is 29.1 Å². The Kier molecular flexibility index (Phi) is 5.18. The second-order valence-electron chi connectivity index (χ2n) is 5.50. The molecule has 1 aliphatic heterocycles. The first-order valence-corrected chi connectivity index (χ1v) is 10.4. The van der Waals surface area contributed by atoms with E-state index in [-0.39, 0.29) is 0 Å². The van der Waals surface area contributed by atoms with E-state index >= 15 is 0 Å². The molecular weight excluding hydrogens is 290 g/mol. The second kappa shape index (κ2) is 6.88. The molecule has 0 amide bonds. The average molecular weight is 314 g/mol. The summed E-state index contributed by atoms with van der Waals surface area (Å²) in [5, 5.41) is 4.57. The number of fused-ring (bicyclic) bond motifs is 1. The van der Waals surface area contributed by atoms with Crippen molar-refractivity contribution >= 4 is 34.9 Å². The molecule has 3 rings (SSSR count). The van der Waals surface area contributed by atoms with Crippen LogP contribution in [0.4, 0.5) is 0 Å². The topological polar surface area (TPSA) is 12.0 Å². The number of hydrogen-bond acceptors (Lipinski definition) is 4. The van der Waals surface area contributed by atoms with Gasteiger partial charge in [-0.3, -0.25) is 0 Å². The molecule has 0 aromatic carbocycles.